The van der Waals surface area contributed by atoms with Gasteiger partial charge in [-0.3, -0.25) is 9.78 Å². The van der Waals surface area contributed by atoms with E-state index in [1.807, 2.05) is 12.1 Å². The molecule has 1 unspecified atom stereocenters. The zero-order chi connectivity index (χ0) is 20.4. The highest BCUT2D eigenvalue weighted by atomic mass is 16.4. The lowest BCUT2D eigenvalue weighted by molar-refractivity contribution is -0.0245. The number of aliphatic hydroxyl groups is 1. The number of carbonyl (C=O) groups excluding carboxylic acids is 1. The van der Waals surface area contributed by atoms with E-state index in [9.17, 15) is 14.7 Å². The predicted octanol–water partition coefficient (Wildman–Crippen LogP) is 1.93. The van der Waals surface area contributed by atoms with E-state index in [0.717, 1.165) is 25.9 Å². The summed E-state index contributed by atoms with van der Waals surface area (Å²) in [5.41, 5.74) is -0.247. The van der Waals surface area contributed by atoms with Gasteiger partial charge in [-0.1, -0.05) is 6.07 Å². The second-order valence-electron chi connectivity index (χ2n) is 8.08. The molecule has 2 aliphatic heterocycles. The van der Waals surface area contributed by atoms with Gasteiger partial charge in [0.05, 0.1) is 5.69 Å². The van der Waals surface area contributed by atoms with E-state index in [4.69, 9.17) is 4.42 Å². The van der Waals surface area contributed by atoms with Crippen molar-refractivity contribution in [3.63, 3.8) is 0 Å². The number of pyridine rings is 1. The Morgan fingerprint density at radius 3 is 2.76 bits per heavy atom. The van der Waals surface area contributed by atoms with Gasteiger partial charge in [0.25, 0.3) is 5.91 Å². The minimum atomic E-state index is -1.05. The van der Waals surface area contributed by atoms with Crippen LogP contribution >= 0.6 is 0 Å². The topological polar surface area (TPSA) is 95.7 Å². The Labute approximate surface area is 169 Å². The maximum Gasteiger partial charge on any atom is 0.349 e. The molecule has 2 fully saturated rings. The Morgan fingerprint density at radius 2 is 2.14 bits per heavy atom. The van der Waals surface area contributed by atoms with E-state index >= 15 is 0 Å². The summed E-state index contributed by atoms with van der Waals surface area (Å²) in [5, 5.41) is 14.2. The molecule has 2 aromatic heterocycles. The van der Waals surface area contributed by atoms with Crippen molar-refractivity contribution < 1.29 is 14.3 Å². The number of nitrogens with zero attached hydrogens (tertiary/aromatic N) is 2. The van der Waals surface area contributed by atoms with E-state index in [-0.39, 0.29) is 17.4 Å². The van der Waals surface area contributed by atoms with Crippen molar-refractivity contribution in [3.8, 4) is 0 Å². The lowest BCUT2D eigenvalue weighted by Gasteiger charge is -2.37. The molecule has 0 saturated carbocycles. The normalized spacial score (nSPS) is 21.7. The van der Waals surface area contributed by atoms with Crippen LogP contribution in [0.1, 0.15) is 59.0 Å². The number of carbonyl (C=O) groups is 1. The van der Waals surface area contributed by atoms with Gasteiger partial charge in [0.2, 0.25) is 0 Å². The maximum atomic E-state index is 13.0. The molecule has 7 nitrogen and oxygen atoms in total. The molecule has 4 heterocycles. The molecule has 7 heteroatoms. The fourth-order valence-electron chi connectivity index (χ4n) is 4.32. The first-order chi connectivity index (χ1) is 14.0. The van der Waals surface area contributed by atoms with Crippen LogP contribution in [-0.4, -0.2) is 47.1 Å². The average molecular weight is 397 g/mol. The van der Waals surface area contributed by atoms with Crippen LogP contribution < -0.4 is 10.9 Å². The third-order valence-electron chi connectivity index (χ3n) is 6.10. The summed E-state index contributed by atoms with van der Waals surface area (Å²) in [6.45, 7) is 4.28. The second kappa shape index (κ2) is 8.08. The molecule has 0 spiro atoms. The third kappa shape index (κ3) is 3.97. The highest BCUT2D eigenvalue weighted by molar-refractivity contribution is 5.95. The van der Waals surface area contributed by atoms with Gasteiger partial charge in [-0.25, -0.2) is 4.79 Å². The predicted molar refractivity (Wildman–Crippen MR) is 108 cm³/mol. The van der Waals surface area contributed by atoms with Crippen LogP contribution in [0.2, 0.25) is 0 Å². The van der Waals surface area contributed by atoms with Crippen LogP contribution in [-0.2, 0) is 5.60 Å². The van der Waals surface area contributed by atoms with Crippen molar-refractivity contribution in [2.75, 3.05) is 26.2 Å². The van der Waals surface area contributed by atoms with Crippen LogP contribution in [0.15, 0.2) is 39.7 Å². The van der Waals surface area contributed by atoms with Crippen LogP contribution in [0.3, 0.4) is 0 Å². The Balaban J connectivity index is 1.50. The molecule has 29 heavy (non-hydrogen) atoms. The molecule has 4 rings (SSSR count). The number of likely N-dealkylation sites (tertiary alicyclic amines) is 1. The second-order valence-corrected chi connectivity index (χ2v) is 8.08. The fourth-order valence-corrected chi connectivity index (χ4v) is 4.32. The standard InChI is InChI=1S/C22H27N3O4/c1-15-13-17(16-5-4-9-23-14-16)29-21(27)19(15)20(26)25-11-7-22(28,8-12-25)18-6-2-3-10-24-18/h2-3,6,10,13,16,23,28H,4-5,7-9,11-12,14H2,1H3. The summed E-state index contributed by atoms with van der Waals surface area (Å²) >= 11 is 0. The molecule has 2 N–H and O–H groups in total. The number of rotatable bonds is 3. The van der Waals surface area contributed by atoms with Gasteiger partial charge in [-0.2, -0.15) is 0 Å². The first kappa shape index (κ1) is 19.8. The molecule has 0 bridgehead atoms. The smallest absolute Gasteiger partial charge is 0.349 e. The highest BCUT2D eigenvalue weighted by Crippen LogP contribution is 2.32. The Hall–Kier alpha value is -2.51. The molecule has 1 atom stereocenters. The Kier molecular flexibility index (Phi) is 5.52. The minimum absolute atomic E-state index is 0.0980. The lowest BCUT2D eigenvalue weighted by Crippen LogP contribution is -2.46. The quantitative estimate of drug-likeness (QED) is 0.822. The van der Waals surface area contributed by atoms with E-state index in [0.29, 0.717) is 42.9 Å². The molecular weight excluding hydrogens is 370 g/mol. The van der Waals surface area contributed by atoms with Gasteiger partial charge < -0.3 is 19.7 Å². The highest BCUT2D eigenvalue weighted by Gasteiger charge is 2.37. The number of aromatic nitrogens is 1. The monoisotopic (exact) mass is 397 g/mol. The van der Waals surface area contributed by atoms with Gasteiger partial charge in [-0.05, 0) is 62.9 Å². The zero-order valence-corrected chi connectivity index (χ0v) is 16.7. The number of amides is 1. The SMILES string of the molecule is Cc1cc(C2CCCNC2)oc(=O)c1C(=O)N1CCC(O)(c2ccccn2)CC1. The Bertz CT molecular complexity index is 927. The van der Waals surface area contributed by atoms with Crippen LogP contribution in [0, 0.1) is 6.92 Å². The molecule has 2 aromatic rings. The molecular formula is C22H27N3O4. The third-order valence-corrected chi connectivity index (χ3v) is 6.10. The van der Waals surface area contributed by atoms with Crippen LogP contribution in [0.25, 0.3) is 0 Å². The van der Waals surface area contributed by atoms with Crippen molar-refractivity contribution in [1.29, 1.82) is 0 Å². The largest absolute Gasteiger partial charge is 0.427 e. The summed E-state index contributed by atoms with van der Waals surface area (Å²) in [6, 6.07) is 7.28. The first-order valence-corrected chi connectivity index (χ1v) is 10.3. The summed E-state index contributed by atoms with van der Waals surface area (Å²) in [7, 11) is 0. The van der Waals surface area contributed by atoms with Crippen molar-refractivity contribution >= 4 is 5.91 Å². The summed E-state index contributed by atoms with van der Waals surface area (Å²) in [5.74, 6) is 0.495. The lowest BCUT2D eigenvalue weighted by atomic mass is 9.87. The number of hydrogen-bond donors (Lipinski definition) is 2. The summed E-state index contributed by atoms with van der Waals surface area (Å²) in [4.78, 5) is 31.6. The molecule has 0 radical (unpaired) electrons. The maximum absolute atomic E-state index is 13.0. The van der Waals surface area contributed by atoms with Gasteiger partial charge in [0.1, 0.15) is 16.9 Å². The molecule has 2 aliphatic rings. The first-order valence-electron chi connectivity index (χ1n) is 10.3. The molecule has 0 aliphatic carbocycles. The number of nitrogens with one attached hydrogen (secondary N) is 1. The molecule has 154 valence electrons. The summed E-state index contributed by atoms with van der Waals surface area (Å²) < 4.78 is 5.55. The number of piperidine rings is 2. The van der Waals surface area contributed by atoms with Crippen LogP contribution in [0.5, 0.6) is 0 Å². The van der Waals surface area contributed by atoms with Gasteiger partial charge in [0.15, 0.2) is 0 Å². The fraction of sp³-hybridized carbons (Fsp3) is 0.500. The van der Waals surface area contributed by atoms with E-state index in [1.54, 1.807) is 30.2 Å². The van der Waals surface area contributed by atoms with Crippen LogP contribution in [0.4, 0.5) is 0 Å². The summed E-state index contributed by atoms with van der Waals surface area (Å²) in [6.07, 6.45) is 4.43. The number of hydrogen-bond acceptors (Lipinski definition) is 6. The number of aryl methyl sites for hydroxylation is 1. The van der Waals surface area contributed by atoms with E-state index in [2.05, 4.69) is 10.3 Å². The van der Waals surface area contributed by atoms with Gasteiger partial charge in [0, 0.05) is 31.7 Å². The van der Waals surface area contributed by atoms with Crippen molar-refractivity contribution in [3.05, 3.63) is 63.5 Å². The Morgan fingerprint density at radius 1 is 1.34 bits per heavy atom. The van der Waals surface area contributed by atoms with Gasteiger partial charge in [-0.15, -0.1) is 0 Å². The van der Waals surface area contributed by atoms with Crippen molar-refractivity contribution in [1.82, 2.24) is 15.2 Å². The zero-order valence-electron chi connectivity index (χ0n) is 16.7. The average Bonchev–Trinajstić information content (AvgIpc) is 2.75. The minimum Gasteiger partial charge on any atom is -0.427 e. The van der Waals surface area contributed by atoms with E-state index < -0.39 is 11.2 Å². The van der Waals surface area contributed by atoms with Gasteiger partial charge >= 0.3 is 5.63 Å². The molecule has 2 saturated heterocycles. The molecule has 0 aromatic carbocycles. The van der Waals surface area contributed by atoms with E-state index in [1.165, 1.54) is 0 Å². The van der Waals surface area contributed by atoms with Crippen molar-refractivity contribution in [2.24, 2.45) is 0 Å². The molecule has 1 amide bonds. The van der Waals surface area contributed by atoms with Crippen molar-refractivity contribution in [2.45, 2.75) is 44.1 Å².